The molecule has 1 aromatic heterocycles. The molecule has 1 aromatic carbocycles. The SMILES string of the molecule is CSCCCNC(=NCc1nnc(C)n1C)NCC(O)c1ccc(OC(F)F)cc1.I. The van der Waals surface area contributed by atoms with Crippen LogP contribution in [0.25, 0.3) is 0 Å². The Morgan fingerprint density at radius 2 is 1.97 bits per heavy atom. The van der Waals surface area contributed by atoms with Gasteiger partial charge < -0.3 is 25.0 Å². The predicted molar refractivity (Wildman–Crippen MR) is 129 cm³/mol. The largest absolute Gasteiger partial charge is 0.435 e. The number of hydrogen-bond donors (Lipinski definition) is 3. The lowest BCUT2D eigenvalue weighted by molar-refractivity contribution is -0.0498. The van der Waals surface area contributed by atoms with Gasteiger partial charge in [-0.25, -0.2) is 4.99 Å². The number of halogens is 3. The van der Waals surface area contributed by atoms with Crippen molar-refractivity contribution in [1.29, 1.82) is 0 Å². The number of ether oxygens (including phenoxy) is 1. The molecular weight excluding hydrogens is 541 g/mol. The Hall–Kier alpha value is -1.67. The fourth-order valence-electron chi connectivity index (χ4n) is 2.52. The topological polar surface area (TPSA) is 96.6 Å². The smallest absolute Gasteiger partial charge is 0.387 e. The van der Waals surface area contributed by atoms with Crippen LogP contribution in [0.4, 0.5) is 8.78 Å². The molecule has 174 valence electrons. The van der Waals surface area contributed by atoms with Gasteiger partial charge >= 0.3 is 6.61 Å². The summed E-state index contributed by atoms with van der Waals surface area (Å²) in [7, 11) is 1.88. The zero-order valence-electron chi connectivity index (χ0n) is 17.7. The van der Waals surface area contributed by atoms with Gasteiger partial charge in [-0.05, 0) is 43.0 Å². The summed E-state index contributed by atoms with van der Waals surface area (Å²) in [6.07, 6.45) is 2.18. The minimum absolute atomic E-state index is 0. The van der Waals surface area contributed by atoms with Gasteiger partial charge in [0.25, 0.3) is 0 Å². The molecule has 0 aliphatic heterocycles. The average molecular weight is 570 g/mol. The molecule has 0 saturated heterocycles. The average Bonchev–Trinajstić information content (AvgIpc) is 3.04. The van der Waals surface area contributed by atoms with E-state index in [-0.39, 0.29) is 36.3 Å². The first-order chi connectivity index (χ1) is 14.4. The van der Waals surface area contributed by atoms with Gasteiger partial charge in [0.15, 0.2) is 11.8 Å². The summed E-state index contributed by atoms with van der Waals surface area (Å²) >= 11 is 1.77. The highest BCUT2D eigenvalue weighted by molar-refractivity contribution is 14.0. The van der Waals surface area contributed by atoms with Crippen molar-refractivity contribution in [2.45, 2.75) is 32.6 Å². The van der Waals surface area contributed by atoms with Crippen LogP contribution >= 0.6 is 35.7 Å². The first kappa shape index (κ1) is 27.4. The molecule has 1 heterocycles. The number of aliphatic hydroxyl groups is 1. The molecule has 1 atom stereocenters. The van der Waals surface area contributed by atoms with Crippen LogP contribution in [0.2, 0.25) is 0 Å². The highest BCUT2D eigenvalue weighted by atomic mass is 127. The van der Waals surface area contributed by atoms with Crippen LogP contribution in [0.5, 0.6) is 5.75 Å². The second-order valence-electron chi connectivity index (χ2n) is 6.50. The second kappa shape index (κ2) is 14.4. The van der Waals surface area contributed by atoms with Crippen LogP contribution in [0.15, 0.2) is 29.3 Å². The lowest BCUT2D eigenvalue weighted by Gasteiger charge is -2.16. The van der Waals surface area contributed by atoms with Crippen LogP contribution in [0.1, 0.15) is 29.7 Å². The molecule has 31 heavy (non-hydrogen) atoms. The number of aromatic nitrogens is 3. The van der Waals surface area contributed by atoms with Crippen LogP contribution in [0, 0.1) is 6.92 Å². The number of rotatable bonds is 11. The summed E-state index contributed by atoms with van der Waals surface area (Å²) in [5.41, 5.74) is 0.578. The number of hydrogen-bond acceptors (Lipinski definition) is 6. The fourth-order valence-corrected chi connectivity index (χ4v) is 2.95. The maximum atomic E-state index is 12.2. The van der Waals surface area contributed by atoms with E-state index in [1.807, 2.05) is 18.5 Å². The Balaban J connectivity index is 0.00000480. The number of benzene rings is 1. The lowest BCUT2D eigenvalue weighted by atomic mass is 10.1. The van der Waals surface area contributed by atoms with Gasteiger partial charge in [-0.2, -0.15) is 20.5 Å². The first-order valence-corrected chi connectivity index (χ1v) is 10.9. The molecule has 0 bridgehead atoms. The summed E-state index contributed by atoms with van der Waals surface area (Å²) in [5.74, 6) is 3.16. The third-order valence-corrected chi connectivity index (χ3v) is 5.03. The van der Waals surface area contributed by atoms with Crippen molar-refractivity contribution in [3.63, 3.8) is 0 Å². The van der Waals surface area contributed by atoms with Crippen LogP contribution in [-0.2, 0) is 13.6 Å². The van der Waals surface area contributed by atoms with Crippen LogP contribution in [-0.4, -0.2) is 57.5 Å². The van der Waals surface area contributed by atoms with E-state index in [1.54, 1.807) is 23.9 Å². The molecule has 0 aliphatic carbocycles. The normalized spacial score (nSPS) is 12.4. The van der Waals surface area contributed by atoms with Crippen LogP contribution in [0.3, 0.4) is 0 Å². The zero-order valence-corrected chi connectivity index (χ0v) is 20.9. The van der Waals surface area contributed by atoms with Gasteiger partial charge in [0, 0.05) is 20.1 Å². The molecule has 2 rings (SSSR count). The highest BCUT2D eigenvalue weighted by Gasteiger charge is 2.11. The number of nitrogens with zero attached hydrogens (tertiary/aromatic N) is 4. The molecular formula is C19H29F2IN6O2S. The number of guanidine groups is 1. The van der Waals surface area contributed by atoms with E-state index in [0.29, 0.717) is 18.1 Å². The zero-order chi connectivity index (χ0) is 21.9. The Morgan fingerprint density at radius 3 is 2.55 bits per heavy atom. The first-order valence-electron chi connectivity index (χ1n) is 9.49. The van der Waals surface area contributed by atoms with E-state index in [4.69, 9.17) is 0 Å². The summed E-state index contributed by atoms with van der Waals surface area (Å²) in [5, 5.41) is 24.9. The van der Waals surface area contributed by atoms with Gasteiger partial charge in [-0.3, -0.25) is 0 Å². The van der Waals surface area contributed by atoms with Crippen molar-refractivity contribution < 1.29 is 18.6 Å². The van der Waals surface area contributed by atoms with E-state index in [2.05, 4.69) is 36.8 Å². The van der Waals surface area contributed by atoms with E-state index in [0.717, 1.165) is 30.4 Å². The highest BCUT2D eigenvalue weighted by Crippen LogP contribution is 2.19. The van der Waals surface area contributed by atoms with Gasteiger partial charge in [-0.15, -0.1) is 34.2 Å². The molecule has 3 N–H and O–H groups in total. The predicted octanol–water partition coefficient (Wildman–Crippen LogP) is 2.86. The van der Waals surface area contributed by atoms with Gasteiger partial charge in [0.2, 0.25) is 0 Å². The van der Waals surface area contributed by atoms with Crippen LogP contribution < -0.4 is 15.4 Å². The van der Waals surface area contributed by atoms with Crippen molar-refractivity contribution in [2.75, 3.05) is 25.1 Å². The number of aliphatic imine (C=N–C) groups is 1. The van der Waals surface area contributed by atoms with Gasteiger partial charge in [0.1, 0.15) is 18.1 Å². The summed E-state index contributed by atoms with van der Waals surface area (Å²) in [4.78, 5) is 4.53. The van der Waals surface area contributed by atoms with Crippen molar-refractivity contribution in [3.8, 4) is 5.75 Å². The van der Waals surface area contributed by atoms with Crippen molar-refractivity contribution in [2.24, 2.45) is 12.0 Å². The van der Waals surface area contributed by atoms with E-state index >= 15 is 0 Å². The summed E-state index contributed by atoms with van der Waals surface area (Å²) < 4.78 is 30.7. The molecule has 0 fully saturated rings. The quantitative estimate of drug-likeness (QED) is 0.166. The van der Waals surface area contributed by atoms with E-state index in [1.165, 1.54) is 12.1 Å². The molecule has 2 aromatic rings. The Kier molecular flexibility index (Phi) is 12.7. The van der Waals surface area contributed by atoms with Crippen molar-refractivity contribution in [3.05, 3.63) is 41.5 Å². The van der Waals surface area contributed by atoms with Gasteiger partial charge in [-0.1, -0.05) is 12.1 Å². The van der Waals surface area contributed by atoms with Crippen molar-refractivity contribution in [1.82, 2.24) is 25.4 Å². The Bertz CT molecular complexity index is 807. The fraction of sp³-hybridized carbons (Fsp3) is 0.526. The Morgan fingerprint density at radius 1 is 1.26 bits per heavy atom. The third-order valence-electron chi connectivity index (χ3n) is 4.33. The second-order valence-corrected chi connectivity index (χ2v) is 7.49. The number of thioether (sulfide) groups is 1. The molecule has 0 spiro atoms. The third kappa shape index (κ3) is 9.56. The molecule has 12 heteroatoms. The number of aryl methyl sites for hydroxylation is 1. The number of nitrogens with one attached hydrogen (secondary N) is 2. The van der Waals surface area contributed by atoms with E-state index in [9.17, 15) is 13.9 Å². The molecule has 8 nitrogen and oxygen atoms in total. The number of aliphatic hydroxyl groups excluding tert-OH is 1. The minimum Gasteiger partial charge on any atom is -0.435 e. The van der Waals surface area contributed by atoms with Crippen molar-refractivity contribution >= 4 is 41.7 Å². The molecule has 0 radical (unpaired) electrons. The minimum atomic E-state index is -2.88. The molecule has 1 unspecified atom stereocenters. The van der Waals surface area contributed by atoms with Gasteiger partial charge in [0.05, 0.1) is 6.10 Å². The molecule has 0 amide bonds. The Labute approximate surface area is 202 Å². The molecule has 0 aliphatic rings. The summed E-state index contributed by atoms with van der Waals surface area (Å²) in [6.45, 7) is 0.261. The monoisotopic (exact) mass is 570 g/mol. The lowest BCUT2D eigenvalue weighted by Crippen LogP contribution is -2.40. The maximum absolute atomic E-state index is 12.2. The standard InChI is InChI=1S/C19H28F2N6O2S.HI/c1-13-25-26-17(27(13)2)12-24-19(22-9-4-10-30-3)23-11-16(28)14-5-7-15(8-6-14)29-18(20)21;/h5-8,16,18,28H,4,9-12H2,1-3H3,(H2,22,23,24);1H. The van der Waals surface area contributed by atoms with E-state index < -0.39 is 12.7 Å². The summed E-state index contributed by atoms with van der Waals surface area (Å²) in [6, 6.07) is 5.90. The maximum Gasteiger partial charge on any atom is 0.387 e. The molecule has 0 saturated carbocycles. The number of alkyl halides is 2.